The summed E-state index contributed by atoms with van der Waals surface area (Å²) in [5, 5.41) is 2.73. The molecule has 0 saturated carbocycles. The van der Waals surface area contributed by atoms with Gasteiger partial charge in [0, 0.05) is 13.0 Å². The van der Waals surface area contributed by atoms with Gasteiger partial charge in [-0.05, 0) is 6.42 Å². The molecule has 4 heteroatoms. The van der Waals surface area contributed by atoms with Crippen molar-refractivity contribution < 1.29 is 4.79 Å². The molecule has 0 unspecified atom stereocenters. The number of hydrogen-bond donors (Lipinski definition) is 3. The van der Waals surface area contributed by atoms with E-state index in [2.05, 4.69) is 37.5 Å². The van der Waals surface area contributed by atoms with Crippen LogP contribution in [0.5, 0.6) is 0 Å². The predicted molar refractivity (Wildman–Crippen MR) is 54.3 cm³/mol. The molecule has 0 aliphatic heterocycles. The molecule has 0 atom stereocenters. The van der Waals surface area contributed by atoms with Crippen molar-refractivity contribution in [2.75, 3.05) is 6.54 Å². The molecule has 1 N–H and O–H groups in total. The molecule has 0 bridgehead atoms. The second kappa shape index (κ2) is 6.85. The average Bonchev–Trinajstić information content (AvgIpc) is 1.97. The third-order valence-corrected chi connectivity index (χ3v) is 1.60. The SMILES string of the molecule is CCCCC(=O)NCC(S)S. The van der Waals surface area contributed by atoms with Crippen LogP contribution in [0.2, 0.25) is 0 Å². The van der Waals surface area contributed by atoms with Gasteiger partial charge in [-0.1, -0.05) is 13.3 Å². The van der Waals surface area contributed by atoms with Gasteiger partial charge in [-0.3, -0.25) is 4.79 Å². The van der Waals surface area contributed by atoms with Crippen molar-refractivity contribution in [1.29, 1.82) is 0 Å². The Kier molecular flexibility index (Phi) is 6.96. The highest BCUT2D eigenvalue weighted by atomic mass is 32.2. The summed E-state index contributed by atoms with van der Waals surface area (Å²) in [4.78, 5) is 10.9. The number of carbonyl (C=O) groups is 1. The summed E-state index contributed by atoms with van der Waals surface area (Å²) in [6, 6.07) is 0. The van der Waals surface area contributed by atoms with E-state index in [-0.39, 0.29) is 10.5 Å². The van der Waals surface area contributed by atoms with E-state index < -0.39 is 0 Å². The molecule has 0 aromatic carbocycles. The van der Waals surface area contributed by atoms with Crippen LogP contribution in [-0.4, -0.2) is 17.0 Å². The van der Waals surface area contributed by atoms with Crippen molar-refractivity contribution in [3.05, 3.63) is 0 Å². The fourth-order valence-electron chi connectivity index (χ4n) is 0.631. The van der Waals surface area contributed by atoms with Crippen LogP contribution < -0.4 is 5.32 Å². The Morgan fingerprint density at radius 2 is 2.18 bits per heavy atom. The minimum atomic E-state index is -0.0550. The van der Waals surface area contributed by atoms with E-state index in [9.17, 15) is 4.79 Å². The third kappa shape index (κ3) is 8.07. The Morgan fingerprint density at radius 1 is 1.55 bits per heavy atom. The van der Waals surface area contributed by atoms with Crippen LogP contribution in [0.4, 0.5) is 0 Å². The summed E-state index contributed by atoms with van der Waals surface area (Å²) in [6.07, 6.45) is 2.62. The third-order valence-electron chi connectivity index (χ3n) is 1.24. The minimum absolute atomic E-state index is 0.0550. The number of hydrogen-bond acceptors (Lipinski definition) is 3. The van der Waals surface area contributed by atoms with Crippen LogP contribution in [0.25, 0.3) is 0 Å². The van der Waals surface area contributed by atoms with Gasteiger partial charge >= 0.3 is 0 Å². The van der Waals surface area contributed by atoms with Crippen LogP contribution >= 0.6 is 25.3 Å². The van der Waals surface area contributed by atoms with Crippen molar-refractivity contribution in [3.63, 3.8) is 0 Å². The largest absolute Gasteiger partial charge is 0.354 e. The lowest BCUT2D eigenvalue weighted by Gasteiger charge is -2.05. The Morgan fingerprint density at radius 3 is 2.64 bits per heavy atom. The molecule has 0 heterocycles. The summed E-state index contributed by atoms with van der Waals surface area (Å²) in [7, 11) is 0. The smallest absolute Gasteiger partial charge is 0.220 e. The molecular weight excluding hydrogens is 178 g/mol. The maximum Gasteiger partial charge on any atom is 0.220 e. The van der Waals surface area contributed by atoms with Crippen LogP contribution in [0.15, 0.2) is 0 Å². The maximum absolute atomic E-state index is 10.9. The molecule has 0 saturated heterocycles. The van der Waals surface area contributed by atoms with E-state index in [0.29, 0.717) is 13.0 Å². The molecule has 66 valence electrons. The number of unbranched alkanes of at least 4 members (excludes halogenated alkanes) is 1. The Hall–Kier alpha value is 0.170. The molecule has 0 aromatic rings. The van der Waals surface area contributed by atoms with Gasteiger partial charge in [-0.2, -0.15) is 25.3 Å². The van der Waals surface area contributed by atoms with E-state index in [1.54, 1.807) is 0 Å². The van der Waals surface area contributed by atoms with Crippen LogP contribution in [0, 0.1) is 0 Å². The monoisotopic (exact) mass is 193 g/mol. The van der Waals surface area contributed by atoms with Crippen molar-refractivity contribution in [2.24, 2.45) is 0 Å². The molecule has 0 spiro atoms. The molecule has 0 aromatic heterocycles. The summed E-state index contributed by atoms with van der Waals surface area (Å²) < 4.78 is -0.0550. The van der Waals surface area contributed by atoms with Crippen LogP contribution in [0.1, 0.15) is 26.2 Å². The van der Waals surface area contributed by atoms with Gasteiger partial charge in [0.2, 0.25) is 5.91 Å². The topological polar surface area (TPSA) is 29.1 Å². The number of amides is 1. The minimum Gasteiger partial charge on any atom is -0.354 e. The van der Waals surface area contributed by atoms with Gasteiger partial charge in [0.05, 0.1) is 4.58 Å². The standard InChI is InChI=1S/C7H15NOS2/c1-2-3-4-6(9)8-5-7(10)11/h7,10-11H,2-5H2,1H3,(H,8,9). The zero-order valence-corrected chi connectivity index (χ0v) is 8.50. The van der Waals surface area contributed by atoms with Gasteiger partial charge in [0.25, 0.3) is 0 Å². The van der Waals surface area contributed by atoms with E-state index in [1.807, 2.05) is 0 Å². The lowest BCUT2D eigenvalue weighted by Crippen LogP contribution is -2.27. The van der Waals surface area contributed by atoms with Gasteiger partial charge in [0.15, 0.2) is 0 Å². The summed E-state index contributed by atoms with van der Waals surface area (Å²) in [5.41, 5.74) is 0. The van der Waals surface area contributed by atoms with Gasteiger partial charge in [-0.15, -0.1) is 0 Å². The molecule has 11 heavy (non-hydrogen) atoms. The van der Waals surface area contributed by atoms with Crippen molar-refractivity contribution >= 4 is 31.2 Å². The zero-order valence-electron chi connectivity index (χ0n) is 6.71. The molecule has 0 aliphatic carbocycles. The van der Waals surface area contributed by atoms with E-state index in [4.69, 9.17) is 0 Å². The Bertz CT molecular complexity index is 117. The predicted octanol–water partition coefficient (Wildman–Crippen LogP) is 1.48. The van der Waals surface area contributed by atoms with E-state index in [1.165, 1.54) is 0 Å². The van der Waals surface area contributed by atoms with Crippen molar-refractivity contribution in [2.45, 2.75) is 30.8 Å². The summed E-state index contributed by atoms with van der Waals surface area (Å²) in [5.74, 6) is 0.0972. The lowest BCUT2D eigenvalue weighted by atomic mass is 10.2. The normalized spacial score (nSPS) is 10.2. The molecule has 0 fully saturated rings. The van der Waals surface area contributed by atoms with E-state index >= 15 is 0 Å². The Balaban J connectivity index is 3.23. The van der Waals surface area contributed by atoms with Crippen molar-refractivity contribution in [1.82, 2.24) is 5.32 Å². The first-order valence-electron chi connectivity index (χ1n) is 3.79. The second-order valence-electron chi connectivity index (χ2n) is 2.39. The first kappa shape index (κ1) is 11.2. The van der Waals surface area contributed by atoms with Crippen LogP contribution in [0.3, 0.4) is 0 Å². The Labute approximate surface area is 79.0 Å². The fourth-order valence-corrected chi connectivity index (χ4v) is 0.813. The molecule has 0 rings (SSSR count). The lowest BCUT2D eigenvalue weighted by molar-refractivity contribution is -0.121. The zero-order chi connectivity index (χ0) is 8.69. The molecule has 0 radical (unpaired) electrons. The first-order valence-corrected chi connectivity index (χ1v) is 4.83. The summed E-state index contributed by atoms with van der Waals surface area (Å²) in [6.45, 7) is 2.60. The number of nitrogens with one attached hydrogen (secondary N) is 1. The number of thiol groups is 2. The highest BCUT2D eigenvalue weighted by molar-refractivity contribution is 7.99. The fraction of sp³-hybridized carbons (Fsp3) is 0.857. The first-order chi connectivity index (χ1) is 5.16. The maximum atomic E-state index is 10.9. The van der Waals surface area contributed by atoms with E-state index in [0.717, 1.165) is 12.8 Å². The molecular formula is C7H15NOS2. The summed E-state index contributed by atoms with van der Waals surface area (Å²) >= 11 is 8.03. The second-order valence-corrected chi connectivity index (χ2v) is 4.04. The number of carbonyl (C=O) groups excluding carboxylic acids is 1. The van der Waals surface area contributed by atoms with Gasteiger partial charge in [-0.25, -0.2) is 0 Å². The molecule has 2 nitrogen and oxygen atoms in total. The van der Waals surface area contributed by atoms with Gasteiger partial charge < -0.3 is 5.32 Å². The molecule has 0 aliphatic rings. The average molecular weight is 193 g/mol. The highest BCUT2D eigenvalue weighted by Gasteiger charge is 2.00. The quantitative estimate of drug-likeness (QED) is 0.448. The van der Waals surface area contributed by atoms with Crippen LogP contribution in [-0.2, 0) is 4.79 Å². The number of rotatable bonds is 5. The molecule has 1 amide bonds. The van der Waals surface area contributed by atoms with Crippen molar-refractivity contribution in [3.8, 4) is 0 Å². The van der Waals surface area contributed by atoms with Gasteiger partial charge in [0.1, 0.15) is 0 Å². The highest BCUT2D eigenvalue weighted by Crippen LogP contribution is 1.98.